The standard InChI is InChI=1S/C25H36ClNO3/c1-16(2)20-15-27(14-17(3)23(29)30)22(28)13-25(20,7)19-9-8-18(21(26)12-19)10-11-24(4,5)6/h8-9,12,15-17H,10-11,13-14H2,1-7H3,(H,29,30)/t17?,25-/m0/s1. The molecule has 1 aromatic carbocycles. The lowest BCUT2D eigenvalue weighted by molar-refractivity contribution is -0.142. The Morgan fingerprint density at radius 2 is 1.90 bits per heavy atom. The van der Waals surface area contributed by atoms with Crippen molar-refractivity contribution in [3.8, 4) is 0 Å². The fourth-order valence-electron chi connectivity index (χ4n) is 4.07. The van der Waals surface area contributed by atoms with Crippen molar-refractivity contribution in [2.45, 2.75) is 73.1 Å². The summed E-state index contributed by atoms with van der Waals surface area (Å²) in [6, 6.07) is 6.21. The minimum atomic E-state index is -0.895. The van der Waals surface area contributed by atoms with Crippen molar-refractivity contribution in [1.82, 2.24) is 4.90 Å². The van der Waals surface area contributed by atoms with Gasteiger partial charge in [-0.3, -0.25) is 9.59 Å². The first-order valence-electron chi connectivity index (χ1n) is 10.8. The first-order chi connectivity index (χ1) is 13.7. The van der Waals surface area contributed by atoms with Gasteiger partial charge in [0.1, 0.15) is 0 Å². The molecule has 0 saturated carbocycles. The largest absolute Gasteiger partial charge is 0.481 e. The summed E-state index contributed by atoms with van der Waals surface area (Å²) in [5, 5.41) is 9.98. The first kappa shape index (κ1) is 24.5. The highest BCUT2D eigenvalue weighted by molar-refractivity contribution is 6.31. The Morgan fingerprint density at radius 1 is 1.27 bits per heavy atom. The van der Waals surface area contributed by atoms with Crippen LogP contribution in [0.1, 0.15) is 72.4 Å². The number of carboxylic acids is 1. The Labute approximate surface area is 186 Å². The Hall–Kier alpha value is -1.81. The van der Waals surface area contributed by atoms with Crippen LogP contribution in [0.2, 0.25) is 5.02 Å². The number of amides is 1. The molecule has 1 amide bonds. The van der Waals surface area contributed by atoms with Gasteiger partial charge in [-0.05, 0) is 46.9 Å². The van der Waals surface area contributed by atoms with Gasteiger partial charge < -0.3 is 10.0 Å². The van der Waals surface area contributed by atoms with Gasteiger partial charge in [-0.25, -0.2) is 0 Å². The molecule has 2 rings (SSSR count). The molecule has 1 unspecified atom stereocenters. The molecular formula is C25H36ClNO3. The summed E-state index contributed by atoms with van der Waals surface area (Å²) in [4.78, 5) is 25.8. The number of benzene rings is 1. The SMILES string of the molecule is CC(C)C1=CN(CC(C)C(=O)O)C(=O)C[C@@]1(C)c1ccc(CCC(C)(C)C)c(Cl)c1. The molecule has 1 heterocycles. The number of hydrogen-bond acceptors (Lipinski definition) is 2. The third kappa shape index (κ3) is 5.66. The van der Waals surface area contributed by atoms with E-state index in [0.29, 0.717) is 6.42 Å². The van der Waals surface area contributed by atoms with Crippen LogP contribution in [0.5, 0.6) is 0 Å². The molecule has 0 aromatic heterocycles. The maximum Gasteiger partial charge on any atom is 0.308 e. The second-order valence-corrected chi connectivity index (χ2v) is 10.8. The zero-order valence-electron chi connectivity index (χ0n) is 19.4. The van der Waals surface area contributed by atoms with Gasteiger partial charge in [-0.1, -0.05) is 72.2 Å². The van der Waals surface area contributed by atoms with Gasteiger partial charge >= 0.3 is 5.97 Å². The Bertz CT molecular complexity index is 837. The molecule has 4 nitrogen and oxygen atoms in total. The molecule has 0 fully saturated rings. The highest BCUT2D eigenvalue weighted by Gasteiger charge is 2.41. The predicted octanol–water partition coefficient (Wildman–Crippen LogP) is 6.07. The highest BCUT2D eigenvalue weighted by atomic mass is 35.5. The van der Waals surface area contributed by atoms with Crippen molar-refractivity contribution in [3.63, 3.8) is 0 Å². The topological polar surface area (TPSA) is 57.6 Å². The molecule has 1 aliphatic heterocycles. The van der Waals surface area contributed by atoms with E-state index >= 15 is 0 Å². The van der Waals surface area contributed by atoms with Crippen LogP contribution in [0.25, 0.3) is 0 Å². The van der Waals surface area contributed by atoms with E-state index in [-0.39, 0.29) is 23.8 Å². The molecule has 0 saturated heterocycles. The van der Waals surface area contributed by atoms with Crippen molar-refractivity contribution in [2.24, 2.45) is 17.3 Å². The Kier molecular flexibility index (Phi) is 7.45. The highest BCUT2D eigenvalue weighted by Crippen LogP contribution is 2.44. The second-order valence-electron chi connectivity index (χ2n) is 10.4. The molecule has 0 aliphatic carbocycles. The number of nitrogens with zero attached hydrogens (tertiary/aromatic N) is 1. The molecule has 0 bridgehead atoms. The zero-order chi connectivity index (χ0) is 22.9. The third-order valence-corrected chi connectivity index (χ3v) is 6.46. The summed E-state index contributed by atoms with van der Waals surface area (Å²) in [6.07, 6.45) is 4.15. The zero-order valence-corrected chi connectivity index (χ0v) is 20.1. The average molecular weight is 434 g/mol. The number of halogens is 1. The van der Waals surface area contributed by atoms with Crippen molar-refractivity contribution < 1.29 is 14.7 Å². The van der Waals surface area contributed by atoms with Gasteiger partial charge in [0.15, 0.2) is 0 Å². The van der Waals surface area contributed by atoms with E-state index in [2.05, 4.69) is 53.7 Å². The van der Waals surface area contributed by atoms with E-state index in [0.717, 1.165) is 34.6 Å². The lowest BCUT2D eigenvalue weighted by Gasteiger charge is -2.41. The average Bonchev–Trinajstić information content (AvgIpc) is 2.61. The number of allylic oxidation sites excluding steroid dienone is 1. The third-order valence-electron chi connectivity index (χ3n) is 6.11. The van der Waals surface area contributed by atoms with Gasteiger partial charge in [0.05, 0.1) is 5.92 Å². The van der Waals surface area contributed by atoms with E-state index in [1.165, 1.54) is 0 Å². The first-order valence-corrected chi connectivity index (χ1v) is 11.2. The molecule has 166 valence electrons. The molecular weight excluding hydrogens is 398 g/mol. The summed E-state index contributed by atoms with van der Waals surface area (Å²) in [5.74, 6) is -1.35. The van der Waals surface area contributed by atoms with Crippen molar-refractivity contribution in [1.29, 1.82) is 0 Å². The number of aryl methyl sites for hydroxylation is 1. The maximum absolute atomic E-state index is 12.9. The van der Waals surface area contributed by atoms with Crippen LogP contribution in [0.15, 0.2) is 30.0 Å². The smallest absolute Gasteiger partial charge is 0.308 e. The van der Waals surface area contributed by atoms with Crippen LogP contribution in [-0.4, -0.2) is 28.4 Å². The van der Waals surface area contributed by atoms with E-state index < -0.39 is 17.3 Å². The van der Waals surface area contributed by atoms with Crippen LogP contribution in [0.3, 0.4) is 0 Å². The molecule has 0 radical (unpaired) electrons. The summed E-state index contributed by atoms with van der Waals surface area (Å²) in [6.45, 7) is 14.8. The minimum absolute atomic E-state index is 0.0528. The van der Waals surface area contributed by atoms with E-state index in [1.54, 1.807) is 11.8 Å². The number of carbonyl (C=O) groups is 2. The normalized spacial score (nSPS) is 21.0. The van der Waals surface area contributed by atoms with Gasteiger partial charge in [0, 0.05) is 29.6 Å². The van der Waals surface area contributed by atoms with E-state index in [1.807, 2.05) is 12.3 Å². The fraction of sp³-hybridized carbons (Fsp3) is 0.600. The molecule has 1 N–H and O–H groups in total. The maximum atomic E-state index is 12.9. The molecule has 2 atom stereocenters. The van der Waals surface area contributed by atoms with Gasteiger partial charge in [0.2, 0.25) is 5.91 Å². The monoisotopic (exact) mass is 433 g/mol. The van der Waals surface area contributed by atoms with Crippen molar-refractivity contribution in [2.75, 3.05) is 6.54 Å². The molecule has 0 spiro atoms. The predicted molar refractivity (Wildman–Crippen MR) is 123 cm³/mol. The van der Waals surface area contributed by atoms with Crippen LogP contribution >= 0.6 is 11.6 Å². The fourth-order valence-corrected chi connectivity index (χ4v) is 4.35. The Balaban J connectivity index is 2.38. The van der Waals surface area contributed by atoms with Gasteiger partial charge in [-0.2, -0.15) is 0 Å². The van der Waals surface area contributed by atoms with Crippen molar-refractivity contribution >= 4 is 23.5 Å². The molecule has 1 aliphatic rings. The van der Waals surface area contributed by atoms with Crippen molar-refractivity contribution in [3.05, 3.63) is 46.1 Å². The van der Waals surface area contributed by atoms with Gasteiger partial charge in [-0.15, -0.1) is 0 Å². The molecule has 5 heteroatoms. The van der Waals surface area contributed by atoms with Crippen LogP contribution in [0, 0.1) is 17.3 Å². The number of aliphatic carboxylic acids is 1. The minimum Gasteiger partial charge on any atom is -0.481 e. The van der Waals surface area contributed by atoms with Crippen LogP contribution in [-0.2, 0) is 21.4 Å². The summed E-state index contributed by atoms with van der Waals surface area (Å²) >= 11 is 6.66. The lowest BCUT2D eigenvalue weighted by atomic mass is 9.68. The number of rotatable bonds is 7. The lowest BCUT2D eigenvalue weighted by Crippen LogP contribution is -2.44. The summed E-state index contributed by atoms with van der Waals surface area (Å²) in [5.41, 5.74) is 3.08. The van der Waals surface area contributed by atoms with E-state index in [9.17, 15) is 14.7 Å². The van der Waals surface area contributed by atoms with E-state index in [4.69, 9.17) is 11.6 Å². The summed E-state index contributed by atoms with van der Waals surface area (Å²) < 4.78 is 0. The summed E-state index contributed by atoms with van der Waals surface area (Å²) in [7, 11) is 0. The quantitative estimate of drug-likeness (QED) is 0.567. The number of hydrogen-bond donors (Lipinski definition) is 1. The van der Waals surface area contributed by atoms with Crippen LogP contribution in [0.4, 0.5) is 0 Å². The second kappa shape index (κ2) is 9.13. The number of carbonyl (C=O) groups excluding carboxylic acids is 1. The molecule has 1 aromatic rings. The van der Waals surface area contributed by atoms with Crippen LogP contribution < -0.4 is 0 Å². The Morgan fingerprint density at radius 3 is 2.40 bits per heavy atom. The number of carboxylic acid groups (broad SMARTS) is 1. The molecule has 30 heavy (non-hydrogen) atoms. The van der Waals surface area contributed by atoms with Gasteiger partial charge in [0.25, 0.3) is 0 Å².